The Morgan fingerprint density at radius 3 is 2.52 bits per heavy atom. The Bertz CT molecular complexity index is 637. The van der Waals surface area contributed by atoms with Crippen LogP contribution in [0.1, 0.15) is 18.1 Å². The van der Waals surface area contributed by atoms with Crippen molar-refractivity contribution in [1.29, 1.82) is 0 Å². The van der Waals surface area contributed by atoms with E-state index in [1.54, 1.807) is 19.9 Å². The second-order valence-electron chi connectivity index (χ2n) is 4.41. The molecule has 0 saturated heterocycles. The summed E-state index contributed by atoms with van der Waals surface area (Å²) in [6.07, 6.45) is 2.42. The fourth-order valence-electron chi connectivity index (χ4n) is 1.87. The number of aliphatic hydroxyl groups is 1. The molecule has 0 heterocycles. The topological polar surface area (TPSA) is 94.9 Å². The van der Waals surface area contributed by atoms with E-state index in [1.807, 2.05) is 0 Å². The Labute approximate surface area is 124 Å². The van der Waals surface area contributed by atoms with Gasteiger partial charge in [0.1, 0.15) is 0 Å². The number of carboxylic acid groups (broad SMARTS) is 1. The van der Waals surface area contributed by atoms with E-state index in [2.05, 4.69) is 0 Å². The molecule has 1 aromatic carbocycles. The van der Waals surface area contributed by atoms with E-state index in [9.17, 15) is 13.2 Å². The Morgan fingerprint density at radius 2 is 2.05 bits per heavy atom. The monoisotopic (exact) mass is 313 g/mol. The molecule has 1 aromatic rings. The van der Waals surface area contributed by atoms with Gasteiger partial charge in [0.05, 0.1) is 11.5 Å². The SMILES string of the molecule is CCN(CCO)S(=O)(=O)c1ccc(C=CC(=O)O)c(C)c1. The highest BCUT2D eigenvalue weighted by Crippen LogP contribution is 2.20. The molecule has 21 heavy (non-hydrogen) atoms. The lowest BCUT2D eigenvalue weighted by Gasteiger charge is -2.19. The van der Waals surface area contributed by atoms with Gasteiger partial charge < -0.3 is 10.2 Å². The number of aryl methyl sites for hydroxylation is 1. The first kappa shape index (κ1) is 17.4. The number of carbonyl (C=O) groups is 1. The third-order valence-electron chi connectivity index (χ3n) is 2.99. The van der Waals surface area contributed by atoms with Crippen molar-refractivity contribution in [2.24, 2.45) is 0 Å². The van der Waals surface area contributed by atoms with Crippen LogP contribution in [0.2, 0.25) is 0 Å². The maximum atomic E-state index is 12.4. The molecule has 6 nitrogen and oxygen atoms in total. The van der Waals surface area contributed by atoms with Crippen LogP contribution in [-0.4, -0.2) is 48.6 Å². The number of carboxylic acids is 1. The lowest BCUT2D eigenvalue weighted by Crippen LogP contribution is -2.33. The molecule has 116 valence electrons. The van der Waals surface area contributed by atoms with Gasteiger partial charge in [0.2, 0.25) is 10.0 Å². The number of nitrogens with zero attached hydrogens (tertiary/aromatic N) is 1. The molecule has 1 rings (SSSR count). The van der Waals surface area contributed by atoms with Crippen LogP contribution in [0.15, 0.2) is 29.2 Å². The minimum atomic E-state index is -3.65. The molecule has 0 aliphatic carbocycles. The normalized spacial score (nSPS) is 12.2. The minimum Gasteiger partial charge on any atom is -0.478 e. The van der Waals surface area contributed by atoms with Gasteiger partial charge in [-0.2, -0.15) is 4.31 Å². The van der Waals surface area contributed by atoms with E-state index in [0.717, 1.165) is 6.08 Å². The molecule has 0 aliphatic rings. The minimum absolute atomic E-state index is 0.0402. The van der Waals surface area contributed by atoms with Crippen molar-refractivity contribution in [1.82, 2.24) is 4.31 Å². The molecule has 0 atom stereocenters. The van der Waals surface area contributed by atoms with E-state index in [1.165, 1.54) is 22.5 Å². The third kappa shape index (κ3) is 4.38. The van der Waals surface area contributed by atoms with Crippen LogP contribution in [0.4, 0.5) is 0 Å². The second-order valence-corrected chi connectivity index (χ2v) is 6.35. The summed E-state index contributed by atoms with van der Waals surface area (Å²) in [5.74, 6) is -1.06. The van der Waals surface area contributed by atoms with Crippen LogP contribution >= 0.6 is 0 Å². The van der Waals surface area contributed by atoms with Crippen LogP contribution in [0.3, 0.4) is 0 Å². The van der Waals surface area contributed by atoms with Gasteiger partial charge in [0.25, 0.3) is 0 Å². The first-order valence-corrected chi connectivity index (χ1v) is 7.89. The molecule has 2 N–H and O–H groups in total. The number of hydrogen-bond donors (Lipinski definition) is 2. The number of likely N-dealkylation sites (N-methyl/N-ethyl adjacent to an activating group) is 1. The van der Waals surface area contributed by atoms with Gasteiger partial charge in [0, 0.05) is 19.2 Å². The number of sulfonamides is 1. The molecule has 0 aromatic heterocycles. The first-order chi connectivity index (χ1) is 9.82. The molecule has 0 bridgehead atoms. The van der Waals surface area contributed by atoms with Gasteiger partial charge in [0.15, 0.2) is 0 Å². The van der Waals surface area contributed by atoms with E-state index in [0.29, 0.717) is 11.1 Å². The van der Waals surface area contributed by atoms with E-state index >= 15 is 0 Å². The highest BCUT2D eigenvalue weighted by atomic mass is 32.2. The molecule has 0 spiro atoms. The summed E-state index contributed by atoms with van der Waals surface area (Å²) >= 11 is 0. The zero-order valence-electron chi connectivity index (χ0n) is 12.0. The van der Waals surface area contributed by atoms with Crippen LogP contribution < -0.4 is 0 Å². The fourth-order valence-corrected chi connectivity index (χ4v) is 3.39. The van der Waals surface area contributed by atoms with E-state index in [-0.39, 0.29) is 24.6 Å². The van der Waals surface area contributed by atoms with Gasteiger partial charge >= 0.3 is 5.97 Å². The largest absolute Gasteiger partial charge is 0.478 e. The van der Waals surface area contributed by atoms with E-state index < -0.39 is 16.0 Å². The maximum Gasteiger partial charge on any atom is 0.328 e. The highest BCUT2D eigenvalue weighted by Gasteiger charge is 2.22. The maximum absolute atomic E-state index is 12.4. The summed E-state index contributed by atoms with van der Waals surface area (Å²) in [6.45, 7) is 3.47. The molecular formula is C14H19NO5S. The predicted molar refractivity (Wildman–Crippen MR) is 79.4 cm³/mol. The van der Waals surface area contributed by atoms with Crippen molar-refractivity contribution in [2.75, 3.05) is 19.7 Å². The Balaban J connectivity index is 3.16. The average molecular weight is 313 g/mol. The fraction of sp³-hybridized carbons (Fsp3) is 0.357. The molecule has 0 radical (unpaired) electrons. The number of benzene rings is 1. The summed E-state index contributed by atoms with van der Waals surface area (Å²) < 4.78 is 26.0. The van der Waals surface area contributed by atoms with Crippen LogP contribution in [-0.2, 0) is 14.8 Å². The summed E-state index contributed by atoms with van der Waals surface area (Å²) in [4.78, 5) is 10.6. The van der Waals surface area contributed by atoms with Crippen LogP contribution in [0.25, 0.3) is 6.08 Å². The van der Waals surface area contributed by atoms with Gasteiger partial charge in [-0.25, -0.2) is 13.2 Å². The number of aliphatic carboxylic acids is 1. The van der Waals surface area contributed by atoms with Crippen molar-refractivity contribution in [3.63, 3.8) is 0 Å². The summed E-state index contributed by atoms with van der Waals surface area (Å²) in [5, 5.41) is 17.5. The van der Waals surface area contributed by atoms with Crippen molar-refractivity contribution in [3.05, 3.63) is 35.4 Å². The molecule has 0 fully saturated rings. The summed E-state index contributed by atoms with van der Waals surface area (Å²) in [5.41, 5.74) is 1.30. The third-order valence-corrected chi connectivity index (χ3v) is 4.96. The molecule has 0 unspecified atom stereocenters. The lowest BCUT2D eigenvalue weighted by atomic mass is 10.1. The molecule has 0 amide bonds. The van der Waals surface area contributed by atoms with Gasteiger partial charge in [-0.05, 0) is 36.3 Å². The van der Waals surface area contributed by atoms with Crippen LogP contribution in [0.5, 0.6) is 0 Å². The molecule has 7 heteroatoms. The predicted octanol–water partition coefficient (Wildman–Crippen LogP) is 1.10. The summed E-state index contributed by atoms with van der Waals surface area (Å²) in [7, 11) is -3.65. The first-order valence-electron chi connectivity index (χ1n) is 6.45. The Morgan fingerprint density at radius 1 is 1.38 bits per heavy atom. The van der Waals surface area contributed by atoms with Gasteiger partial charge in [-0.3, -0.25) is 0 Å². The van der Waals surface area contributed by atoms with Crippen molar-refractivity contribution in [3.8, 4) is 0 Å². The highest BCUT2D eigenvalue weighted by molar-refractivity contribution is 7.89. The second kappa shape index (κ2) is 7.35. The lowest BCUT2D eigenvalue weighted by molar-refractivity contribution is -0.131. The van der Waals surface area contributed by atoms with E-state index in [4.69, 9.17) is 10.2 Å². The van der Waals surface area contributed by atoms with Crippen molar-refractivity contribution >= 4 is 22.1 Å². The van der Waals surface area contributed by atoms with Gasteiger partial charge in [-0.15, -0.1) is 0 Å². The smallest absolute Gasteiger partial charge is 0.328 e. The zero-order valence-corrected chi connectivity index (χ0v) is 12.8. The number of hydrogen-bond acceptors (Lipinski definition) is 4. The molecular weight excluding hydrogens is 294 g/mol. The van der Waals surface area contributed by atoms with Crippen molar-refractivity contribution < 1.29 is 23.4 Å². The van der Waals surface area contributed by atoms with Gasteiger partial charge in [-0.1, -0.05) is 13.0 Å². The average Bonchev–Trinajstić information content (AvgIpc) is 2.42. The molecule has 0 aliphatic heterocycles. The standard InChI is InChI=1S/C14H19NO5S/c1-3-15(8-9-16)21(19,20)13-6-4-12(11(2)10-13)5-7-14(17)18/h4-7,10,16H,3,8-9H2,1-2H3,(H,17,18). The number of aliphatic hydroxyl groups excluding tert-OH is 1. The Hall–Kier alpha value is -1.70. The quantitative estimate of drug-likeness (QED) is 0.735. The number of rotatable bonds is 7. The Kier molecular flexibility index (Phi) is 6.07. The molecule has 0 saturated carbocycles. The van der Waals surface area contributed by atoms with Crippen molar-refractivity contribution in [2.45, 2.75) is 18.7 Å². The van der Waals surface area contributed by atoms with Crippen LogP contribution in [0, 0.1) is 6.92 Å². The zero-order chi connectivity index (χ0) is 16.0. The summed E-state index contributed by atoms with van der Waals surface area (Å²) in [6, 6.07) is 4.50.